The Morgan fingerprint density at radius 2 is 1.94 bits per heavy atom. The molecule has 1 aliphatic rings. The van der Waals surface area contributed by atoms with Gasteiger partial charge in [-0.1, -0.05) is 42.1 Å². The summed E-state index contributed by atoms with van der Waals surface area (Å²) in [6.07, 6.45) is 0. The van der Waals surface area contributed by atoms with Gasteiger partial charge >= 0.3 is 0 Å². The van der Waals surface area contributed by atoms with Crippen LogP contribution in [0.15, 0.2) is 57.8 Å². The fourth-order valence-corrected chi connectivity index (χ4v) is 5.80. The molecule has 5 rings (SSSR count). The molecule has 0 fully saturated rings. The monoisotopic (exact) mass is 490 g/mol. The summed E-state index contributed by atoms with van der Waals surface area (Å²) >= 11 is 2.62. The molecule has 34 heavy (non-hydrogen) atoms. The van der Waals surface area contributed by atoms with E-state index in [1.807, 2.05) is 23.6 Å². The van der Waals surface area contributed by atoms with Gasteiger partial charge < -0.3 is 10.2 Å². The average molecular weight is 491 g/mol. The molecular formula is C25H22N4O3S2. The van der Waals surface area contributed by atoms with Crippen molar-refractivity contribution in [2.24, 2.45) is 7.05 Å². The lowest BCUT2D eigenvalue weighted by Gasteiger charge is -2.29. The number of carbonyl (C=O) groups is 2. The van der Waals surface area contributed by atoms with Gasteiger partial charge in [-0.2, -0.15) is 0 Å². The molecule has 2 aromatic carbocycles. The zero-order valence-corrected chi connectivity index (χ0v) is 20.5. The lowest BCUT2D eigenvalue weighted by molar-refractivity contribution is -0.120. The van der Waals surface area contributed by atoms with Gasteiger partial charge in [0, 0.05) is 18.0 Å². The molecule has 1 N–H and O–H groups in total. The summed E-state index contributed by atoms with van der Waals surface area (Å²) in [5.41, 5.74) is 5.37. The Morgan fingerprint density at radius 1 is 1.15 bits per heavy atom. The molecule has 0 unspecified atom stereocenters. The van der Waals surface area contributed by atoms with E-state index in [9.17, 15) is 14.4 Å². The van der Waals surface area contributed by atoms with Crippen LogP contribution in [0, 0.1) is 13.8 Å². The molecule has 7 nitrogen and oxygen atoms in total. The number of thioether (sulfide) groups is 1. The Balaban J connectivity index is 1.43. The first-order valence-corrected chi connectivity index (χ1v) is 12.6. The van der Waals surface area contributed by atoms with Crippen molar-refractivity contribution in [3.05, 3.63) is 69.3 Å². The van der Waals surface area contributed by atoms with Gasteiger partial charge in [0.25, 0.3) is 5.56 Å². The summed E-state index contributed by atoms with van der Waals surface area (Å²) in [7, 11) is 1.67. The number of aryl methyl sites for hydroxylation is 2. The van der Waals surface area contributed by atoms with Crippen LogP contribution < -0.4 is 15.8 Å². The molecule has 0 saturated heterocycles. The second-order valence-corrected chi connectivity index (χ2v) is 10.0. The second kappa shape index (κ2) is 8.73. The van der Waals surface area contributed by atoms with Crippen LogP contribution in [-0.4, -0.2) is 33.7 Å². The number of hydrogen-bond acceptors (Lipinski definition) is 6. The quantitative estimate of drug-likeness (QED) is 0.340. The van der Waals surface area contributed by atoms with E-state index >= 15 is 0 Å². The van der Waals surface area contributed by atoms with Crippen molar-refractivity contribution in [3.63, 3.8) is 0 Å². The molecule has 3 heterocycles. The van der Waals surface area contributed by atoms with Crippen molar-refractivity contribution in [3.8, 4) is 11.1 Å². The third-order valence-electron chi connectivity index (χ3n) is 5.99. The van der Waals surface area contributed by atoms with Crippen LogP contribution in [-0.2, 0) is 16.6 Å². The van der Waals surface area contributed by atoms with Crippen molar-refractivity contribution in [2.75, 3.05) is 22.5 Å². The number of hydrogen-bond donors (Lipinski definition) is 1. The molecule has 1 aliphatic heterocycles. The number of aromatic nitrogens is 2. The number of para-hydroxylation sites is 2. The smallest absolute Gasteiger partial charge is 0.263 e. The maximum atomic E-state index is 13.3. The standard InChI is InChI=1S/C25H22N4O3S2/c1-14-8-9-16(10-15(14)2)17-12-33-23-22(17)24(32)28(3)25(27-23)34-13-21(31)29-11-20(30)26-18-6-4-5-7-19(18)29/h4-10,12H,11,13H2,1-3H3,(H,26,30). The highest BCUT2D eigenvalue weighted by atomic mass is 32.2. The van der Waals surface area contributed by atoms with Crippen molar-refractivity contribution in [1.29, 1.82) is 0 Å². The number of amides is 2. The lowest BCUT2D eigenvalue weighted by Crippen LogP contribution is -2.43. The van der Waals surface area contributed by atoms with Crippen LogP contribution in [0.2, 0.25) is 0 Å². The van der Waals surface area contributed by atoms with E-state index in [0.29, 0.717) is 26.7 Å². The predicted octanol–water partition coefficient (Wildman–Crippen LogP) is 4.36. The third kappa shape index (κ3) is 3.91. The summed E-state index contributed by atoms with van der Waals surface area (Å²) in [6, 6.07) is 13.4. The minimum Gasteiger partial charge on any atom is -0.323 e. The second-order valence-electron chi connectivity index (χ2n) is 8.22. The topological polar surface area (TPSA) is 84.3 Å². The van der Waals surface area contributed by atoms with Gasteiger partial charge in [0.05, 0.1) is 22.5 Å². The molecule has 4 aromatic rings. The maximum Gasteiger partial charge on any atom is 0.263 e. The van der Waals surface area contributed by atoms with Gasteiger partial charge in [0.2, 0.25) is 11.8 Å². The SMILES string of the molecule is Cc1ccc(-c2csc3nc(SCC(=O)N4CC(=O)Nc5ccccc54)n(C)c(=O)c23)cc1C. The third-order valence-corrected chi connectivity index (χ3v) is 7.88. The molecule has 0 saturated carbocycles. The summed E-state index contributed by atoms with van der Waals surface area (Å²) < 4.78 is 1.49. The van der Waals surface area contributed by atoms with Gasteiger partial charge in [0.1, 0.15) is 11.4 Å². The predicted molar refractivity (Wildman–Crippen MR) is 138 cm³/mol. The summed E-state index contributed by atoms with van der Waals surface area (Å²) in [4.78, 5) is 45.1. The van der Waals surface area contributed by atoms with Crippen molar-refractivity contribution in [2.45, 2.75) is 19.0 Å². The molecule has 172 valence electrons. The zero-order chi connectivity index (χ0) is 24.0. The average Bonchev–Trinajstić information content (AvgIpc) is 3.25. The number of carbonyl (C=O) groups excluding carboxylic acids is 2. The van der Waals surface area contributed by atoms with Crippen LogP contribution in [0.5, 0.6) is 0 Å². The van der Waals surface area contributed by atoms with Gasteiger partial charge in [-0.3, -0.25) is 19.0 Å². The highest BCUT2D eigenvalue weighted by Gasteiger charge is 2.27. The Morgan fingerprint density at radius 3 is 2.74 bits per heavy atom. The van der Waals surface area contributed by atoms with E-state index in [1.165, 1.54) is 43.7 Å². The van der Waals surface area contributed by atoms with E-state index in [1.54, 1.807) is 19.2 Å². The Labute approximate surface area is 204 Å². The minimum atomic E-state index is -0.235. The molecular weight excluding hydrogens is 468 g/mol. The fourth-order valence-electron chi connectivity index (χ4n) is 3.96. The first-order chi connectivity index (χ1) is 16.3. The number of thiophene rings is 1. The number of rotatable bonds is 4. The number of benzene rings is 2. The molecule has 0 spiro atoms. The largest absolute Gasteiger partial charge is 0.323 e. The van der Waals surface area contributed by atoms with E-state index < -0.39 is 0 Å². The molecule has 0 radical (unpaired) electrons. The first-order valence-electron chi connectivity index (χ1n) is 10.7. The highest BCUT2D eigenvalue weighted by Crippen LogP contribution is 2.33. The van der Waals surface area contributed by atoms with Crippen molar-refractivity contribution < 1.29 is 9.59 Å². The normalized spacial score (nSPS) is 13.1. The summed E-state index contributed by atoms with van der Waals surface area (Å²) in [6.45, 7) is 4.08. The van der Waals surface area contributed by atoms with Crippen LogP contribution in [0.1, 0.15) is 11.1 Å². The van der Waals surface area contributed by atoms with Crippen LogP contribution in [0.4, 0.5) is 11.4 Å². The number of anilines is 2. The molecule has 0 aliphatic carbocycles. The number of nitrogens with zero attached hydrogens (tertiary/aromatic N) is 3. The zero-order valence-electron chi connectivity index (χ0n) is 18.9. The highest BCUT2D eigenvalue weighted by molar-refractivity contribution is 7.99. The molecule has 9 heteroatoms. The van der Waals surface area contributed by atoms with Gasteiger partial charge in [0.15, 0.2) is 5.16 Å². The van der Waals surface area contributed by atoms with E-state index in [2.05, 4.69) is 31.3 Å². The molecule has 2 amide bonds. The molecule has 0 bridgehead atoms. The van der Waals surface area contributed by atoms with E-state index in [4.69, 9.17) is 4.98 Å². The van der Waals surface area contributed by atoms with Crippen LogP contribution in [0.25, 0.3) is 21.3 Å². The first kappa shape index (κ1) is 22.4. The van der Waals surface area contributed by atoms with E-state index in [0.717, 1.165) is 11.1 Å². The van der Waals surface area contributed by atoms with Gasteiger partial charge in [-0.25, -0.2) is 4.98 Å². The van der Waals surface area contributed by atoms with Crippen LogP contribution in [0.3, 0.4) is 0 Å². The van der Waals surface area contributed by atoms with Gasteiger partial charge in [-0.15, -0.1) is 11.3 Å². The van der Waals surface area contributed by atoms with E-state index in [-0.39, 0.29) is 29.7 Å². The Bertz CT molecular complexity index is 1520. The fraction of sp³-hybridized carbons (Fsp3) is 0.200. The molecule has 0 atom stereocenters. The lowest BCUT2D eigenvalue weighted by atomic mass is 10.0. The summed E-state index contributed by atoms with van der Waals surface area (Å²) in [5.74, 6) is -0.395. The Hall–Kier alpha value is -3.43. The number of fused-ring (bicyclic) bond motifs is 2. The Kier molecular flexibility index (Phi) is 5.75. The van der Waals surface area contributed by atoms with Crippen molar-refractivity contribution >= 4 is 56.5 Å². The minimum absolute atomic E-state index is 0.0357. The van der Waals surface area contributed by atoms with Crippen LogP contribution >= 0.6 is 23.1 Å². The van der Waals surface area contributed by atoms with Crippen molar-refractivity contribution in [1.82, 2.24) is 9.55 Å². The molecule has 2 aromatic heterocycles. The number of nitrogens with one attached hydrogen (secondary N) is 1. The summed E-state index contributed by atoms with van der Waals surface area (Å²) in [5, 5.41) is 5.80. The maximum absolute atomic E-state index is 13.3. The van der Waals surface area contributed by atoms with Gasteiger partial charge in [-0.05, 0) is 42.7 Å².